The third kappa shape index (κ3) is 17.3. The van der Waals surface area contributed by atoms with Gasteiger partial charge in [0, 0.05) is 12.8 Å². The molecular formula is C26H34O6. The lowest BCUT2D eigenvalue weighted by atomic mass is 10.1. The Kier molecular flexibility index (Phi) is 16.2. The van der Waals surface area contributed by atoms with E-state index in [0.29, 0.717) is 26.1 Å². The molecule has 2 aromatic carbocycles. The van der Waals surface area contributed by atoms with Crippen molar-refractivity contribution in [2.45, 2.75) is 39.5 Å². The molecule has 174 valence electrons. The molecule has 0 aliphatic rings. The summed E-state index contributed by atoms with van der Waals surface area (Å²) in [5, 5.41) is 16.9. The first kappa shape index (κ1) is 28.5. The Bertz CT molecular complexity index is 759. The summed E-state index contributed by atoms with van der Waals surface area (Å²) in [4.78, 5) is 20.5. The van der Waals surface area contributed by atoms with E-state index >= 15 is 0 Å². The van der Waals surface area contributed by atoms with Crippen LogP contribution in [0.5, 0.6) is 0 Å². The Morgan fingerprint density at radius 2 is 1.16 bits per heavy atom. The molecule has 0 atom stereocenters. The van der Waals surface area contributed by atoms with E-state index in [1.165, 1.54) is 23.7 Å². The summed E-state index contributed by atoms with van der Waals surface area (Å²) < 4.78 is 9.45. The maximum absolute atomic E-state index is 10.3. The predicted octanol–water partition coefficient (Wildman–Crippen LogP) is 5.33. The molecule has 0 fully saturated rings. The zero-order chi connectivity index (χ0) is 24.2. The second kappa shape index (κ2) is 18.2. The third-order valence-corrected chi connectivity index (χ3v) is 3.97. The molecule has 0 unspecified atom stereocenters. The van der Waals surface area contributed by atoms with Crippen LogP contribution in [0.3, 0.4) is 0 Å². The Hall–Kier alpha value is -3.54. The molecule has 0 saturated heterocycles. The standard InChI is InChI=1S/2C10H12O2.C6H10O2/c2*1-8-3-2-4-9(7-8)5-6-10(11)12;1-3-7-5-6-8-4-2/h2*2-4,7H,5-6H2,1H3,(H,11,12);3-4H,1-2,5-6H2. The van der Waals surface area contributed by atoms with Crippen LogP contribution in [0.4, 0.5) is 0 Å². The van der Waals surface area contributed by atoms with Gasteiger partial charge in [-0.05, 0) is 37.8 Å². The molecule has 0 spiro atoms. The minimum atomic E-state index is -0.739. The molecule has 0 saturated carbocycles. The molecule has 0 amide bonds. The van der Waals surface area contributed by atoms with E-state index in [9.17, 15) is 9.59 Å². The van der Waals surface area contributed by atoms with Gasteiger partial charge in [-0.2, -0.15) is 0 Å². The number of aliphatic carboxylic acids is 2. The molecular weight excluding hydrogens is 408 g/mol. The van der Waals surface area contributed by atoms with Crippen molar-refractivity contribution < 1.29 is 29.3 Å². The molecule has 2 rings (SSSR count). The van der Waals surface area contributed by atoms with Crippen LogP contribution in [0.2, 0.25) is 0 Å². The van der Waals surface area contributed by atoms with Crippen LogP contribution in [-0.4, -0.2) is 35.4 Å². The van der Waals surface area contributed by atoms with E-state index in [1.54, 1.807) is 0 Å². The van der Waals surface area contributed by atoms with Crippen LogP contribution in [-0.2, 0) is 31.9 Å². The Morgan fingerprint density at radius 1 is 0.781 bits per heavy atom. The van der Waals surface area contributed by atoms with Crippen LogP contribution in [0.15, 0.2) is 74.2 Å². The number of ether oxygens (including phenoxy) is 2. The van der Waals surface area contributed by atoms with Crippen molar-refractivity contribution >= 4 is 11.9 Å². The average molecular weight is 443 g/mol. The summed E-state index contributed by atoms with van der Waals surface area (Å²) in [5.41, 5.74) is 4.55. The first-order chi connectivity index (χ1) is 15.3. The number of aryl methyl sites for hydroxylation is 4. The van der Waals surface area contributed by atoms with Crippen LogP contribution < -0.4 is 0 Å². The van der Waals surface area contributed by atoms with Gasteiger partial charge in [0.2, 0.25) is 0 Å². The van der Waals surface area contributed by atoms with Crippen molar-refractivity contribution in [2.75, 3.05) is 13.2 Å². The van der Waals surface area contributed by atoms with Gasteiger partial charge in [0.15, 0.2) is 0 Å². The number of carboxylic acids is 2. The number of carbonyl (C=O) groups is 2. The maximum atomic E-state index is 10.3. The summed E-state index contributed by atoms with van der Waals surface area (Å²) >= 11 is 0. The average Bonchev–Trinajstić information content (AvgIpc) is 2.75. The Labute approximate surface area is 190 Å². The zero-order valence-corrected chi connectivity index (χ0v) is 19.0. The van der Waals surface area contributed by atoms with E-state index in [4.69, 9.17) is 19.7 Å². The van der Waals surface area contributed by atoms with E-state index < -0.39 is 11.9 Å². The van der Waals surface area contributed by atoms with E-state index in [2.05, 4.69) is 13.2 Å². The summed E-state index contributed by atoms with van der Waals surface area (Å²) in [6.45, 7) is 11.8. The lowest BCUT2D eigenvalue weighted by Crippen LogP contribution is -1.97. The minimum Gasteiger partial charge on any atom is -0.498 e. The molecule has 0 aliphatic heterocycles. The highest BCUT2D eigenvalue weighted by molar-refractivity contribution is 5.67. The van der Waals surface area contributed by atoms with Gasteiger partial charge in [0.25, 0.3) is 0 Å². The smallest absolute Gasteiger partial charge is 0.303 e. The molecule has 2 aromatic rings. The van der Waals surface area contributed by atoms with Gasteiger partial charge in [0.05, 0.1) is 12.5 Å². The Morgan fingerprint density at radius 3 is 1.44 bits per heavy atom. The first-order valence-electron chi connectivity index (χ1n) is 10.3. The van der Waals surface area contributed by atoms with Crippen molar-refractivity contribution in [1.82, 2.24) is 0 Å². The fraction of sp³-hybridized carbons (Fsp3) is 0.308. The number of carboxylic acid groups (broad SMARTS) is 2. The molecule has 6 nitrogen and oxygen atoms in total. The number of hydrogen-bond acceptors (Lipinski definition) is 4. The lowest BCUT2D eigenvalue weighted by Gasteiger charge is -1.98. The van der Waals surface area contributed by atoms with E-state index in [-0.39, 0.29) is 12.8 Å². The van der Waals surface area contributed by atoms with E-state index in [1.807, 2.05) is 62.4 Å². The third-order valence-electron chi connectivity index (χ3n) is 3.97. The molecule has 2 N–H and O–H groups in total. The minimum absolute atomic E-state index is 0.212. The van der Waals surface area contributed by atoms with Crippen LogP contribution >= 0.6 is 0 Å². The fourth-order valence-corrected chi connectivity index (χ4v) is 2.50. The number of benzene rings is 2. The van der Waals surface area contributed by atoms with Gasteiger partial charge < -0.3 is 19.7 Å². The Balaban J connectivity index is 0.000000462. The second-order valence-electron chi connectivity index (χ2n) is 6.84. The highest BCUT2D eigenvalue weighted by Gasteiger charge is 1.99. The van der Waals surface area contributed by atoms with Gasteiger partial charge in [0.1, 0.15) is 13.2 Å². The van der Waals surface area contributed by atoms with Crippen molar-refractivity contribution in [2.24, 2.45) is 0 Å². The second-order valence-corrected chi connectivity index (χ2v) is 6.84. The van der Waals surface area contributed by atoms with Crippen LogP contribution in [0.1, 0.15) is 35.1 Å². The zero-order valence-electron chi connectivity index (χ0n) is 19.0. The van der Waals surface area contributed by atoms with Crippen LogP contribution in [0, 0.1) is 13.8 Å². The van der Waals surface area contributed by atoms with E-state index in [0.717, 1.165) is 11.1 Å². The SMILES string of the molecule is C=COCCOC=C.Cc1cccc(CCC(=O)O)c1.Cc1cccc(CCC(=O)O)c1. The molecule has 0 aromatic heterocycles. The molecule has 32 heavy (non-hydrogen) atoms. The molecule has 0 aliphatic carbocycles. The summed E-state index contributed by atoms with van der Waals surface area (Å²) in [6, 6.07) is 15.9. The number of hydrogen-bond donors (Lipinski definition) is 2. The summed E-state index contributed by atoms with van der Waals surface area (Å²) in [7, 11) is 0. The predicted molar refractivity (Wildman–Crippen MR) is 127 cm³/mol. The van der Waals surface area contributed by atoms with Gasteiger partial charge in [-0.15, -0.1) is 0 Å². The van der Waals surface area contributed by atoms with Gasteiger partial charge >= 0.3 is 11.9 Å². The van der Waals surface area contributed by atoms with Crippen LogP contribution in [0.25, 0.3) is 0 Å². The fourth-order valence-electron chi connectivity index (χ4n) is 2.50. The van der Waals surface area contributed by atoms with Gasteiger partial charge in [-0.3, -0.25) is 9.59 Å². The lowest BCUT2D eigenvalue weighted by molar-refractivity contribution is -0.138. The summed E-state index contributed by atoms with van der Waals surface area (Å²) in [5.74, 6) is -1.48. The maximum Gasteiger partial charge on any atom is 0.303 e. The molecule has 0 heterocycles. The number of rotatable bonds is 11. The molecule has 0 bridgehead atoms. The highest BCUT2D eigenvalue weighted by Crippen LogP contribution is 2.07. The highest BCUT2D eigenvalue weighted by atomic mass is 16.5. The largest absolute Gasteiger partial charge is 0.498 e. The monoisotopic (exact) mass is 442 g/mol. The molecule has 0 radical (unpaired) electrons. The van der Waals surface area contributed by atoms with Crippen molar-refractivity contribution in [1.29, 1.82) is 0 Å². The molecule has 6 heteroatoms. The van der Waals surface area contributed by atoms with Crippen molar-refractivity contribution in [3.8, 4) is 0 Å². The van der Waals surface area contributed by atoms with Gasteiger partial charge in [-0.1, -0.05) is 72.8 Å². The first-order valence-corrected chi connectivity index (χ1v) is 10.3. The quantitative estimate of drug-likeness (QED) is 0.361. The normalized spacial score (nSPS) is 9.19. The topological polar surface area (TPSA) is 93.1 Å². The van der Waals surface area contributed by atoms with Crippen molar-refractivity contribution in [3.05, 3.63) is 96.5 Å². The van der Waals surface area contributed by atoms with Gasteiger partial charge in [-0.25, -0.2) is 0 Å². The van der Waals surface area contributed by atoms with Crippen molar-refractivity contribution in [3.63, 3.8) is 0 Å². The summed E-state index contributed by atoms with van der Waals surface area (Å²) in [6.07, 6.45) is 4.43.